The Bertz CT molecular complexity index is 624. The van der Waals surface area contributed by atoms with Crippen LogP contribution in [0.15, 0.2) is 11.4 Å². The molecule has 0 radical (unpaired) electrons. The second-order valence-electron chi connectivity index (χ2n) is 7.35. The minimum atomic E-state index is -3.62. The number of sulfonamides is 1. The summed E-state index contributed by atoms with van der Waals surface area (Å²) in [5.74, 6) is 2.17. The molecule has 0 saturated heterocycles. The highest BCUT2D eigenvalue weighted by atomic mass is 32.2. The van der Waals surface area contributed by atoms with E-state index >= 15 is 0 Å². The molecular formula is C14H22N4O2S. The molecule has 4 bridgehead atoms. The highest BCUT2D eigenvalue weighted by Crippen LogP contribution is 2.56. The zero-order chi connectivity index (χ0) is 14.8. The Kier molecular flexibility index (Phi) is 2.73. The molecule has 4 saturated carbocycles. The first-order valence-corrected chi connectivity index (χ1v) is 9.16. The molecule has 4 aliphatic carbocycles. The van der Waals surface area contributed by atoms with Crippen LogP contribution in [0.1, 0.15) is 38.5 Å². The quantitative estimate of drug-likeness (QED) is 0.879. The molecule has 0 unspecified atom stereocenters. The summed E-state index contributed by atoms with van der Waals surface area (Å²) in [5, 5.41) is 0.0956. The lowest BCUT2D eigenvalue weighted by atomic mass is 9.53. The summed E-state index contributed by atoms with van der Waals surface area (Å²) >= 11 is 0. The van der Waals surface area contributed by atoms with Crippen molar-refractivity contribution in [1.82, 2.24) is 14.3 Å². The van der Waals surface area contributed by atoms with Crippen LogP contribution in [0.25, 0.3) is 0 Å². The van der Waals surface area contributed by atoms with E-state index < -0.39 is 10.0 Å². The number of imidazole rings is 1. The molecule has 4 fully saturated rings. The molecule has 0 aliphatic heterocycles. The van der Waals surface area contributed by atoms with E-state index in [2.05, 4.69) is 9.71 Å². The highest BCUT2D eigenvalue weighted by Gasteiger charge is 2.52. The van der Waals surface area contributed by atoms with Crippen LogP contribution < -0.4 is 10.5 Å². The van der Waals surface area contributed by atoms with Gasteiger partial charge in [-0.25, -0.2) is 18.1 Å². The SMILES string of the molecule is Cn1cnc(N)c1S(=O)(=O)NC12CC3CC(CC(C3)C1)C2. The van der Waals surface area contributed by atoms with Crippen molar-refractivity contribution in [3.8, 4) is 0 Å². The van der Waals surface area contributed by atoms with Gasteiger partial charge in [0.1, 0.15) is 0 Å². The van der Waals surface area contributed by atoms with E-state index in [0.717, 1.165) is 19.3 Å². The van der Waals surface area contributed by atoms with Gasteiger partial charge in [-0.3, -0.25) is 0 Å². The normalized spacial score (nSPS) is 38.0. The second kappa shape index (κ2) is 4.23. The molecule has 0 aromatic carbocycles. The van der Waals surface area contributed by atoms with E-state index in [1.54, 1.807) is 7.05 Å². The number of nitrogens with one attached hydrogen (secondary N) is 1. The number of aryl methyl sites for hydroxylation is 1. The van der Waals surface area contributed by atoms with E-state index in [-0.39, 0.29) is 16.4 Å². The number of rotatable bonds is 3. The third-order valence-corrected chi connectivity index (χ3v) is 7.26. The van der Waals surface area contributed by atoms with Crippen molar-refractivity contribution < 1.29 is 8.42 Å². The fourth-order valence-electron chi connectivity index (χ4n) is 5.33. The summed E-state index contributed by atoms with van der Waals surface area (Å²) < 4.78 is 30.0. The van der Waals surface area contributed by atoms with Gasteiger partial charge in [0.05, 0.1) is 6.33 Å². The minimum absolute atomic E-state index is 0.0785. The fourth-order valence-corrected chi connectivity index (χ4v) is 7.00. The van der Waals surface area contributed by atoms with Crippen LogP contribution >= 0.6 is 0 Å². The first-order valence-electron chi connectivity index (χ1n) is 7.68. The Morgan fingerprint density at radius 3 is 2.19 bits per heavy atom. The largest absolute Gasteiger partial charge is 0.381 e. The van der Waals surface area contributed by atoms with Gasteiger partial charge in [0.25, 0.3) is 10.0 Å². The molecule has 6 nitrogen and oxygen atoms in total. The van der Waals surface area contributed by atoms with Crippen LogP contribution in [-0.4, -0.2) is 23.5 Å². The monoisotopic (exact) mass is 310 g/mol. The second-order valence-corrected chi connectivity index (χ2v) is 8.95. The van der Waals surface area contributed by atoms with Gasteiger partial charge in [0.15, 0.2) is 10.8 Å². The summed E-state index contributed by atoms with van der Waals surface area (Å²) in [5.41, 5.74) is 5.50. The average Bonchev–Trinajstić information content (AvgIpc) is 2.66. The molecule has 3 N–H and O–H groups in total. The molecule has 0 spiro atoms. The number of aromatic nitrogens is 2. The molecule has 116 valence electrons. The van der Waals surface area contributed by atoms with Gasteiger partial charge >= 0.3 is 0 Å². The lowest BCUT2D eigenvalue weighted by molar-refractivity contribution is -0.00814. The fraction of sp³-hybridized carbons (Fsp3) is 0.786. The van der Waals surface area contributed by atoms with Crippen LogP contribution in [0.2, 0.25) is 0 Å². The molecule has 5 rings (SSSR count). The molecular weight excluding hydrogens is 288 g/mol. The van der Waals surface area contributed by atoms with E-state index in [9.17, 15) is 8.42 Å². The van der Waals surface area contributed by atoms with Crippen LogP contribution in [0.4, 0.5) is 5.82 Å². The van der Waals surface area contributed by atoms with Crippen molar-refractivity contribution in [3.63, 3.8) is 0 Å². The molecule has 0 amide bonds. The zero-order valence-corrected chi connectivity index (χ0v) is 13.1. The summed E-state index contributed by atoms with van der Waals surface area (Å²) in [7, 11) is -1.95. The van der Waals surface area contributed by atoms with Gasteiger partial charge in [-0.15, -0.1) is 0 Å². The van der Waals surface area contributed by atoms with Gasteiger partial charge in [-0.05, 0) is 56.3 Å². The third-order valence-electron chi connectivity index (χ3n) is 5.55. The van der Waals surface area contributed by atoms with E-state index in [1.807, 2.05) is 0 Å². The molecule has 1 heterocycles. The van der Waals surface area contributed by atoms with Crippen molar-refractivity contribution in [1.29, 1.82) is 0 Å². The first-order chi connectivity index (χ1) is 9.87. The van der Waals surface area contributed by atoms with Gasteiger partial charge < -0.3 is 10.3 Å². The molecule has 1 aromatic rings. The van der Waals surface area contributed by atoms with Crippen LogP contribution in [0.5, 0.6) is 0 Å². The highest BCUT2D eigenvalue weighted by molar-refractivity contribution is 7.89. The summed E-state index contributed by atoms with van der Waals surface area (Å²) in [4.78, 5) is 3.90. The number of hydrogen-bond acceptors (Lipinski definition) is 4. The maximum Gasteiger partial charge on any atom is 0.260 e. The smallest absolute Gasteiger partial charge is 0.260 e. The number of nitrogens with zero attached hydrogens (tertiary/aromatic N) is 2. The van der Waals surface area contributed by atoms with E-state index in [1.165, 1.54) is 30.2 Å². The number of hydrogen-bond donors (Lipinski definition) is 2. The summed E-state index contributed by atoms with van der Waals surface area (Å²) in [6.07, 6.45) is 8.25. The van der Waals surface area contributed by atoms with Crippen LogP contribution in [-0.2, 0) is 17.1 Å². The number of nitrogens with two attached hydrogens (primary N) is 1. The predicted molar refractivity (Wildman–Crippen MR) is 78.8 cm³/mol. The van der Waals surface area contributed by atoms with Gasteiger partial charge in [-0.1, -0.05) is 0 Å². The standard InChI is InChI=1S/C14H22N4O2S/c1-18-8-16-12(15)13(18)21(19,20)17-14-5-9-2-10(6-14)4-11(3-9)7-14/h8-11,17H,2-7,15H2,1H3. The Morgan fingerprint density at radius 2 is 1.76 bits per heavy atom. The Balaban J connectivity index is 1.67. The molecule has 0 atom stereocenters. The molecule has 1 aromatic heterocycles. The maximum absolute atomic E-state index is 12.8. The molecule has 21 heavy (non-hydrogen) atoms. The van der Waals surface area contributed by atoms with Crippen molar-refractivity contribution in [2.75, 3.05) is 5.73 Å². The minimum Gasteiger partial charge on any atom is -0.381 e. The Labute approximate surface area is 125 Å². The topological polar surface area (TPSA) is 90.0 Å². The van der Waals surface area contributed by atoms with Gasteiger partial charge in [0, 0.05) is 12.6 Å². The lowest BCUT2D eigenvalue weighted by Crippen LogP contribution is -2.59. The Hall–Kier alpha value is -1.08. The number of anilines is 1. The molecule has 4 aliphatic rings. The third kappa shape index (κ3) is 2.09. The van der Waals surface area contributed by atoms with E-state index in [0.29, 0.717) is 17.8 Å². The summed E-state index contributed by atoms with van der Waals surface area (Å²) in [6, 6.07) is 0. The van der Waals surface area contributed by atoms with Crippen LogP contribution in [0, 0.1) is 17.8 Å². The van der Waals surface area contributed by atoms with Gasteiger partial charge in [-0.2, -0.15) is 0 Å². The van der Waals surface area contributed by atoms with Crippen LogP contribution in [0.3, 0.4) is 0 Å². The lowest BCUT2D eigenvalue weighted by Gasteiger charge is -2.56. The summed E-state index contributed by atoms with van der Waals surface area (Å²) in [6.45, 7) is 0. The van der Waals surface area contributed by atoms with Crippen molar-refractivity contribution in [3.05, 3.63) is 6.33 Å². The van der Waals surface area contributed by atoms with Crippen molar-refractivity contribution >= 4 is 15.8 Å². The maximum atomic E-state index is 12.8. The zero-order valence-electron chi connectivity index (χ0n) is 12.2. The predicted octanol–water partition coefficient (Wildman–Crippen LogP) is 1.25. The Morgan fingerprint density at radius 1 is 1.24 bits per heavy atom. The number of nitrogen functional groups attached to an aromatic ring is 1. The first kappa shape index (κ1) is 13.6. The van der Waals surface area contributed by atoms with Gasteiger partial charge in [0.2, 0.25) is 0 Å². The van der Waals surface area contributed by atoms with E-state index in [4.69, 9.17) is 5.73 Å². The molecule has 7 heteroatoms. The van der Waals surface area contributed by atoms with Crippen molar-refractivity contribution in [2.45, 2.75) is 49.1 Å². The average molecular weight is 310 g/mol. The van der Waals surface area contributed by atoms with Crippen molar-refractivity contribution in [2.24, 2.45) is 24.8 Å².